The molecule has 0 saturated heterocycles. The molecular weight excluding hydrogens is 246 g/mol. The Bertz CT molecular complexity index is 412. The van der Waals surface area contributed by atoms with Gasteiger partial charge in [-0.2, -0.15) is 0 Å². The lowest BCUT2D eigenvalue weighted by molar-refractivity contribution is 0.0480. The van der Waals surface area contributed by atoms with Crippen molar-refractivity contribution in [2.45, 2.75) is 13.0 Å². The number of hydrogen-bond acceptors (Lipinski definition) is 5. The van der Waals surface area contributed by atoms with E-state index in [-0.39, 0.29) is 11.9 Å². The summed E-state index contributed by atoms with van der Waals surface area (Å²) < 4.78 is 10.1. The Morgan fingerprint density at radius 1 is 1.47 bits per heavy atom. The number of anilines is 1. The van der Waals surface area contributed by atoms with Gasteiger partial charge in [-0.05, 0) is 13.0 Å². The molecule has 0 bridgehead atoms. The van der Waals surface area contributed by atoms with E-state index in [0.717, 1.165) is 0 Å². The number of nitrogens with two attached hydrogens (primary N) is 1. The molecule has 0 aliphatic heterocycles. The second-order valence-corrected chi connectivity index (χ2v) is 4.26. The third-order valence-corrected chi connectivity index (χ3v) is 2.82. The fraction of sp³-hybridized carbons (Fsp3) is 0.538. The molecule has 2 N–H and O–H groups in total. The number of nitrogen functional groups attached to an aromatic ring is 1. The molecule has 19 heavy (non-hydrogen) atoms. The standard InChI is InChI=1S/C13H21N3O3/c1-10(9-19-3)16(6-7-18-2)13(17)11-8-15-5-4-12(11)14/h4-5,8,10H,6-7,9H2,1-3H3,(H2,14,15). The molecule has 1 aromatic heterocycles. The highest BCUT2D eigenvalue weighted by Crippen LogP contribution is 2.14. The van der Waals surface area contributed by atoms with Gasteiger partial charge < -0.3 is 20.1 Å². The van der Waals surface area contributed by atoms with Gasteiger partial charge in [0, 0.05) is 38.8 Å². The van der Waals surface area contributed by atoms with Gasteiger partial charge in [-0.3, -0.25) is 9.78 Å². The molecule has 1 heterocycles. The monoisotopic (exact) mass is 267 g/mol. The Hall–Kier alpha value is -1.66. The van der Waals surface area contributed by atoms with Crippen LogP contribution in [0, 0.1) is 0 Å². The molecule has 1 aromatic rings. The van der Waals surface area contributed by atoms with Crippen LogP contribution < -0.4 is 5.73 Å². The van der Waals surface area contributed by atoms with Crippen LogP contribution in [0.4, 0.5) is 5.69 Å². The molecule has 0 saturated carbocycles. The van der Waals surface area contributed by atoms with Crippen LogP contribution >= 0.6 is 0 Å². The van der Waals surface area contributed by atoms with Crippen LogP contribution in [-0.2, 0) is 9.47 Å². The summed E-state index contributed by atoms with van der Waals surface area (Å²) in [5.74, 6) is -0.160. The lowest BCUT2D eigenvalue weighted by Gasteiger charge is -2.29. The summed E-state index contributed by atoms with van der Waals surface area (Å²) in [6, 6.07) is 1.55. The summed E-state index contributed by atoms with van der Waals surface area (Å²) in [5.41, 5.74) is 6.64. The molecule has 106 valence electrons. The van der Waals surface area contributed by atoms with Crippen molar-refractivity contribution in [1.29, 1.82) is 0 Å². The number of pyridine rings is 1. The van der Waals surface area contributed by atoms with Crippen molar-refractivity contribution in [1.82, 2.24) is 9.88 Å². The molecule has 1 unspecified atom stereocenters. The third kappa shape index (κ3) is 4.18. The smallest absolute Gasteiger partial charge is 0.257 e. The molecule has 1 amide bonds. The summed E-state index contributed by atoms with van der Waals surface area (Å²) in [7, 11) is 3.20. The molecule has 1 atom stereocenters. The average molecular weight is 267 g/mol. The Morgan fingerprint density at radius 3 is 2.79 bits per heavy atom. The second-order valence-electron chi connectivity index (χ2n) is 4.26. The summed E-state index contributed by atoms with van der Waals surface area (Å²) >= 11 is 0. The first-order valence-electron chi connectivity index (χ1n) is 6.10. The van der Waals surface area contributed by atoms with E-state index in [1.165, 1.54) is 6.20 Å². The van der Waals surface area contributed by atoms with Crippen LogP contribution in [-0.4, -0.2) is 55.8 Å². The normalized spacial score (nSPS) is 12.2. The van der Waals surface area contributed by atoms with Crippen molar-refractivity contribution in [2.75, 3.05) is 39.7 Å². The molecular formula is C13H21N3O3. The van der Waals surface area contributed by atoms with Crippen molar-refractivity contribution in [3.8, 4) is 0 Å². The van der Waals surface area contributed by atoms with E-state index in [1.807, 2.05) is 6.92 Å². The number of carbonyl (C=O) groups is 1. The summed E-state index contributed by atoms with van der Waals surface area (Å²) in [4.78, 5) is 18.1. The second kappa shape index (κ2) is 7.70. The number of ether oxygens (including phenoxy) is 2. The highest BCUT2D eigenvalue weighted by Gasteiger charge is 2.22. The van der Waals surface area contributed by atoms with E-state index < -0.39 is 0 Å². The van der Waals surface area contributed by atoms with Crippen molar-refractivity contribution >= 4 is 11.6 Å². The van der Waals surface area contributed by atoms with E-state index in [0.29, 0.717) is 31.0 Å². The molecule has 6 nitrogen and oxygen atoms in total. The fourth-order valence-electron chi connectivity index (χ4n) is 1.78. The largest absolute Gasteiger partial charge is 0.398 e. The van der Waals surface area contributed by atoms with Crippen molar-refractivity contribution in [3.63, 3.8) is 0 Å². The topological polar surface area (TPSA) is 77.7 Å². The Balaban J connectivity index is 2.90. The van der Waals surface area contributed by atoms with Gasteiger partial charge >= 0.3 is 0 Å². The van der Waals surface area contributed by atoms with Crippen LogP contribution in [0.5, 0.6) is 0 Å². The van der Waals surface area contributed by atoms with E-state index in [1.54, 1.807) is 31.4 Å². The lowest BCUT2D eigenvalue weighted by atomic mass is 10.2. The predicted octanol–water partition coefficient (Wildman–Crippen LogP) is 0.787. The molecule has 0 spiro atoms. The number of nitrogens with zero attached hydrogens (tertiary/aromatic N) is 2. The van der Waals surface area contributed by atoms with E-state index in [9.17, 15) is 4.79 Å². The maximum Gasteiger partial charge on any atom is 0.257 e. The summed E-state index contributed by atoms with van der Waals surface area (Å²) in [5, 5.41) is 0. The zero-order valence-corrected chi connectivity index (χ0v) is 11.6. The van der Waals surface area contributed by atoms with Crippen LogP contribution in [0.2, 0.25) is 0 Å². The molecule has 0 fully saturated rings. The van der Waals surface area contributed by atoms with Crippen LogP contribution in [0.3, 0.4) is 0 Å². The van der Waals surface area contributed by atoms with Gasteiger partial charge in [0.05, 0.1) is 24.8 Å². The first-order chi connectivity index (χ1) is 9.11. The molecule has 0 aliphatic rings. The highest BCUT2D eigenvalue weighted by molar-refractivity contribution is 5.98. The number of carbonyl (C=O) groups excluding carboxylic acids is 1. The quantitative estimate of drug-likeness (QED) is 0.790. The SMILES string of the molecule is COCCN(C(=O)c1cnccc1N)C(C)COC. The van der Waals surface area contributed by atoms with E-state index in [2.05, 4.69) is 4.98 Å². The Labute approximate surface area is 113 Å². The van der Waals surface area contributed by atoms with Crippen LogP contribution in [0.25, 0.3) is 0 Å². The number of amides is 1. The average Bonchev–Trinajstić information content (AvgIpc) is 2.39. The van der Waals surface area contributed by atoms with E-state index >= 15 is 0 Å². The van der Waals surface area contributed by atoms with Gasteiger partial charge in [0.2, 0.25) is 0 Å². The first-order valence-corrected chi connectivity index (χ1v) is 6.10. The predicted molar refractivity (Wildman–Crippen MR) is 72.9 cm³/mol. The van der Waals surface area contributed by atoms with Crippen molar-refractivity contribution in [3.05, 3.63) is 24.0 Å². The van der Waals surface area contributed by atoms with Crippen molar-refractivity contribution < 1.29 is 14.3 Å². The van der Waals surface area contributed by atoms with Gasteiger partial charge in [-0.25, -0.2) is 0 Å². The third-order valence-electron chi connectivity index (χ3n) is 2.82. The molecule has 1 rings (SSSR count). The van der Waals surface area contributed by atoms with Gasteiger partial charge in [0.25, 0.3) is 5.91 Å². The number of aromatic nitrogens is 1. The molecule has 6 heteroatoms. The fourth-order valence-corrected chi connectivity index (χ4v) is 1.78. The maximum absolute atomic E-state index is 12.5. The Morgan fingerprint density at radius 2 is 2.21 bits per heavy atom. The van der Waals surface area contributed by atoms with E-state index in [4.69, 9.17) is 15.2 Å². The number of methoxy groups -OCH3 is 2. The summed E-state index contributed by atoms with van der Waals surface area (Å²) in [6.45, 7) is 3.31. The van der Waals surface area contributed by atoms with Crippen molar-refractivity contribution in [2.24, 2.45) is 0 Å². The highest BCUT2D eigenvalue weighted by atomic mass is 16.5. The first kappa shape index (κ1) is 15.4. The molecule has 0 aromatic carbocycles. The summed E-state index contributed by atoms with van der Waals surface area (Å²) in [6.07, 6.45) is 3.04. The zero-order chi connectivity index (χ0) is 14.3. The van der Waals surface area contributed by atoms with Gasteiger partial charge in [0.1, 0.15) is 0 Å². The van der Waals surface area contributed by atoms with Gasteiger partial charge in [-0.15, -0.1) is 0 Å². The van der Waals surface area contributed by atoms with Gasteiger partial charge in [0.15, 0.2) is 0 Å². The molecule has 0 radical (unpaired) electrons. The zero-order valence-electron chi connectivity index (χ0n) is 11.6. The minimum Gasteiger partial charge on any atom is -0.398 e. The maximum atomic E-state index is 12.5. The lowest BCUT2D eigenvalue weighted by Crippen LogP contribution is -2.43. The molecule has 0 aliphatic carbocycles. The number of hydrogen-bond donors (Lipinski definition) is 1. The van der Waals surface area contributed by atoms with Gasteiger partial charge in [-0.1, -0.05) is 0 Å². The van der Waals surface area contributed by atoms with Crippen LogP contribution in [0.1, 0.15) is 17.3 Å². The number of rotatable bonds is 7. The minimum absolute atomic E-state index is 0.0627. The Kier molecular flexibility index (Phi) is 6.24. The van der Waals surface area contributed by atoms with Crippen LogP contribution in [0.15, 0.2) is 18.5 Å². The minimum atomic E-state index is -0.160.